The Labute approximate surface area is 83.5 Å². The van der Waals surface area contributed by atoms with Crippen LogP contribution >= 0.6 is 0 Å². The molecule has 0 amide bonds. The molecule has 1 atom stereocenters. The van der Waals surface area contributed by atoms with Gasteiger partial charge in [0.1, 0.15) is 12.3 Å². The number of fused-ring (bicyclic) bond motifs is 2. The molecule has 74 valence electrons. The first-order chi connectivity index (χ1) is 6.91. The fourth-order valence-electron chi connectivity index (χ4n) is 2.39. The Balaban J connectivity index is 2.10. The van der Waals surface area contributed by atoms with E-state index in [4.69, 9.17) is 4.74 Å². The van der Waals surface area contributed by atoms with Crippen LogP contribution in [0.25, 0.3) is 0 Å². The zero-order chi connectivity index (χ0) is 9.43. The maximum absolute atomic E-state index is 5.88. The number of anilines is 1. The van der Waals surface area contributed by atoms with Gasteiger partial charge in [0, 0.05) is 17.8 Å². The minimum Gasteiger partial charge on any atom is -0.362 e. The highest BCUT2D eigenvalue weighted by Crippen LogP contribution is 2.39. The second-order valence-corrected chi connectivity index (χ2v) is 3.93. The summed E-state index contributed by atoms with van der Waals surface area (Å²) in [4.78, 5) is 0. The lowest BCUT2D eigenvalue weighted by Gasteiger charge is -2.35. The zero-order valence-electron chi connectivity index (χ0n) is 8.05. The Hall–Kier alpha value is -1.06. The van der Waals surface area contributed by atoms with E-state index in [-0.39, 0.29) is 5.60 Å². The summed E-state index contributed by atoms with van der Waals surface area (Å²) in [5.74, 6) is 0. The smallest absolute Gasteiger partial charge is 0.117 e. The average molecular weight is 190 g/mol. The van der Waals surface area contributed by atoms with E-state index < -0.39 is 0 Å². The van der Waals surface area contributed by atoms with Crippen LogP contribution in [0.3, 0.4) is 0 Å². The number of nitrogens with one attached hydrogen (secondary N) is 2. The Bertz CT molecular complexity index is 345. The Morgan fingerprint density at radius 2 is 2.21 bits per heavy atom. The van der Waals surface area contributed by atoms with E-state index in [1.54, 1.807) is 0 Å². The van der Waals surface area contributed by atoms with Gasteiger partial charge in [-0.1, -0.05) is 18.2 Å². The highest BCUT2D eigenvalue weighted by Gasteiger charge is 2.40. The molecule has 0 bridgehead atoms. The van der Waals surface area contributed by atoms with Gasteiger partial charge < -0.3 is 15.4 Å². The fourth-order valence-corrected chi connectivity index (χ4v) is 2.39. The van der Waals surface area contributed by atoms with Crippen molar-refractivity contribution in [2.24, 2.45) is 0 Å². The van der Waals surface area contributed by atoms with E-state index in [9.17, 15) is 0 Å². The van der Waals surface area contributed by atoms with Crippen LogP contribution in [0.1, 0.15) is 12.0 Å². The summed E-state index contributed by atoms with van der Waals surface area (Å²) in [5.41, 5.74) is 2.46. The summed E-state index contributed by atoms with van der Waals surface area (Å²) in [7, 11) is 0. The maximum Gasteiger partial charge on any atom is 0.117 e. The number of benzene rings is 1. The lowest BCUT2D eigenvalue weighted by atomic mass is 9.90. The predicted octanol–water partition coefficient (Wildman–Crippen LogP) is 1.27. The van der Waals surface area contributed by atoms with E-state index >= 15 is 0 Å². The van der Waals surface area contributed by atoms with Crippen molar-refractivity contribution in [2.75, 3.05) is 25.1 Å². The minimum atomic E-state index is -0.0676. The minimum absolute atomic E-state index is 0.0676. The number of rotatable bonds is 0. The average Bonchev–Trinajstić information content (AvgIpc) is 2.68. The standard InChI is InChI=1S/C11H14N2O/c1-2-4-10-9(3-1)11(14-8-13-10)5-6-12-7-11/h1-4,12-13H,5-8H2. The van der Waals surface area contributed by atoms with Crippen LogP contribution < -0.4 is 10.6 Å². The summed E-state index contributed by atoms with van der Waals surface area (Å²) < 4.78 is 5.88. The third-order valence-electron chi connectivity index (χ3n) is 3.15. The van der Waals surface area contributed by atoms with Gasteiger partial charge in [-0.25, -0.2) is 0 Å². The quantitative estimate of drug-likeness (QED) is 0.646. The Kier molecular flexibility index (Phi) is 1.75. The van der Waals surface area contributed by atoms with Crippen molar-refractivity contribution >= 4 is 5.69 Å². The maximum atomic E-state index is 5.88. The molecule has 14 heavy (non-hydrogen) atoms. The molecule has 2 aliphatic rings. The molecule has 2 N–H and O–H groups in total. The van der Waals surface area contributed by atoms with Crippen LogP contribution in [-0.4, -0.2) is 19.8 Å². The summed E-state index contributed by atoms with van der Waals surface area (Å²) in [6.45, 7) is 2.61. The monoisotopic (exact) mass is 190 g/mol. The summed E-state index contributed by atoms with van der Waals surface area (Å²) >= 11 is 0. The number of hydrogen-bond acceptors (Lipinski definition) is 3. The summed E-state index contributed by atoms with van der Waals surface area (Å²) in [6, 6.07) is 8.43. The van der Waals surface area contributed by atoms with E-state index in [1.807, 2.05) is 0 Å². The molecule has 1 spiro atoms. The molecular weight excluding hydrogens is 176 g/mol. The second-order valence-electron chi connectivity index (χ2n) is 3.93. The van der Waals surface area contributed by atoms with Crippen LogP contribution in [0.4, 0.5) is 5.69 Å². The zero-order valence-corrected chi connectivity index (χ0v) is 8.05. The van der Waals surface area contributed by atoms with Crippen LogP contribution in [-0.2, 0) is 10.3 Å². The normalized spacial score (nSPS) is 30.0. The molecule has 2 heterocycles. The number of hydrogen-bond donors (Lipinski definition) is 2. The third kappa shape index (κ3) is 1.06. The molecule has 3 rings (SSSR count). The molecule has 3 heteroatoms. The fraction of sp³-hybridized carbons (Fsp3) is 0.455. The molecule has 2 aliphatic heterocycles. The number of para-hydroxylation sites is 1. The van der Waals surface area contributed by atoms with Crippen molar-refractivity contribution in [1.82, 2.24) is 5.32 Å². The molecule has 0 aliphatic carbocycles. The van der Waals surface area contributed by atoms with Gasteiger partial charge in [-0.05, 0) is 19.0 Å². The first kappa shape index (κ1) is 8.26. The van der Waals surface area contributed by atoms with E-state index in [0.717, 1.165) is 19.5 Å². The molecule has 0 aromatic heterocycles. The van der Waals surface area contributed by atoms with Crippen LogP contribution in [0, 0.1) is 0 Å². The Morgan fingerprint density at radius 3 is 3.07 bits per heavy atom. The van der Waals surface area contributed by atoms with E-state index in [2.05, 4.69) is 34.9 Å². The molecule has 1 aromatic carbocycles. The van der Waals surface area contributed by atoms with Crippen molar-refractivity contribution in [3.05, 3.63) is 29.8 Å². The SMILES string of the molecule is c1ccc2c(c1)NCOC21CCNC1. The molecule has 1 unspecified atom stereocenters. The van der Waals surface area contributed by atoms with E-state index in [0.29, 0.717) is 6.73 Å². The predicted molar refractivity (Wildman–Crippen MR) is 55.2 cm³/mol. The molecule has 1 aromatic rings. The Morgan fingerprint density at radius 1 is 1.29 bits per heavy atom. The lowest BCUT2D eigenvalue weighted by molar-refractivity contribution is -0.0319. The topological polar surface area (TPSA) is 33.3 Å². The number of ether oxygens (including phenoxy) is 1. The van der Waals surface area contributed by atoms with Gasteiger partial charge in [0.15, 0.2) is 0 Å². The molecular formula is C11H14N2O. The van der Waals surface area contributed by atoms with Crippen LogP contribution in [0.2, 0.25) is 0 Å². The lowest BCUT2D eigenvalue weighted by Crippen LogP contribution is -2.38. The van der Waals surface area contributed by atoms with Crippen molar-refractivity contribution in [1.29, 1.82) is 0 Å². The van der Waals surface area contributed by atoms with Crippen LogP contribution in [0.15, 0.2) is 24.3 Å². The second kappa shape index (κ2) is 2.97. The largest absolute Gasteiger partial charge is 0.362 e. The first-order valence-electron chi connectivity index (χ1n) is 5.09. The molecule has 3 nitrogen and oxygen atoms in total. The molecule has 0 saturated carbocycles. The highest BCUT2D eigenvalue weighted by molar-refractivity contribution is 5.55. The van der Waals surface area contributed by atoms with Gasteiger partial charge in [0.2, 0.25) is 0 Å². The first-order valence-corrected chi connectivity index (χ1v) is 5.09. The third-order valence-corrected chi connectivity index (χ3v) is 3.15. The van der Waals surface area contributed by atoms with Crippen molar-refractivity contribution in [2.45, 2.75) is 12.0 Å². The van der Waals surface area contributed by atoms with Gasteiger partial charge in [0.25, 0.3) is 0 Å². The van der Waals surface area contributed by atoms with Crippen molar-refractivity contribution < 1.29 is 4.74 Å². The van der Waals surface area contributed by atoms with E-state index in [1.165, 1.54) is 11.3 Å². The van der Waals surface area contributed by atoms with Gasteiger partial charge in [0.05, 0.1) is 0 Å². The molecule has 0 radical (unpaired) electrons. The van der Waals surface area contributed by atoms with Gasteiger partial charge in [-0.15, -0.1) is 0 Å². The highest BCUT2D eigenvalue weighted by atomic mass is 16.5. The van der Waals surface area contributed by atoms with Crippen LogP contribution in [0.5, 0.6) is 0 Å². The molecule has 1 fully saturated rings. The molecule has 1 saturated heterocycles. The van der Waals surface area contributed by atoms with Crippen molar-refractivity contribution in [3.63, 3.8) is 0 Å². The van der Waals surface area contributed by atoms with Gasteiger partial charge in [-0.2, -0.15) is 0 Å². The van der Waals surface area contributed by atoms with Gasteiger partial charge in [-0.3, -0.25) is 0 Å². The van der Waals surface area contributed by atoms with Crippen molar-refractivity contribution in [3.8, 4) is 0 Å². The summed E-state index contributed by atoms with van der Waals surface area (Å²) in [6.07, 6.45) is 1.08. The summed E-state index contributed by atoms with van der Waals surface area (Å²) in [5, 5.41) is 6.63. The van der Waals surface area contributed by atoms with Gasteiger partial charge >= 0.3 is 0 Å².